The van der Waals surface area contributed by atoms with Crippen LogP contribution in [-0.4, -0.2) is 56.6 Å². The molecule has 0 saturated heterocycles. The van der Waals surface area contributed by atoms with E-state index in [0.717, 1.165) is 26.2 Å². The maximum Gasteiger partial charge on any atom is 0.244 e. The molecule has 0 aromatic heterocycles. The van der Waals surface area contributed by atoms with E-state index >= 15 is 0 Å². The number of nitrogens with zero attached hydrogens (tertiary/aromatic N) is 2. The molecule has 0 aliphatic rings. The van der Waals surface area contributed by atoms with Crippen LogP contribution in [0.4, 0.5) is 5.69 Å². The molecular formula is C30H35BrClN3O5S. The zero-order valence-corrected chi connectivity index (χ0v) is 26.9. The average Bonchev–Trinajstić information content (AvgIpc) is 2.88. The summed E-state index contributed by atoms with van der Waals surface area (Å²) in [6, 6.07) is 20.4. The third-order valence-corrected chi connectivity index (χ3v) is 8.04. The maximum absolute atomic E-state index is 14.1. The molecule has 1 atom stereocenters. The van der Waals surface area contributed by atoms with Crippen LogP contribution in [0.2, 0.25) is 5.02 Å². The van der Waals surface area contributed by atoms with Crippen LogP contribution in [0.5, 0.6) is 5.75 Å². The zero-order valence-electron chi connectivity index (χ0n) is 23.7. The van der Waals surface area contributed by atoms with Crippen molar-refractivity contribution in [1.82, 2.24) is 10.2 Å². The number of halogens is 2. The van der Waals surface area contributed by atoms with Gasteiger partial charge < -0.3 is 15.0 Å². The number of nitrogens with one attached hydrogen (secondary N) is 1. The topological polar surface area (TPSA) is 96.0 Å². The summed E-state index contributed by atoms with van der Waals surface area (Å²) in [5.41, 5.74) is 1.27. The first-order valence-corrected chi connectivity index (χ1v) is 15.9. The first-order chi connectivity index (χ1) is 19.2. The molecule has 0 bridgehead atoms. The molecule has 220 valence electrons. The van der Waals surface area contributed by atoms with Gasteiger partial charge in [0.1, 0.15) is 18.3 Å². The summed E-state index contributed by atoms with van der Waals surface area (Å²) >= 11 is 9.76. The Morgan fingerprint density at radius 2 is 1.66 bits per heavy atom. The van der Waals surface area contributed by atoms with Gasteiger partial charge in [-0.15, -0.1) is 0 Å². The summed E-state index contributed by atoms with van der Waals surface area (Å²) in [5, 5.41) is 3.20. The summed E-state index contributed by atoms with van der Waals surface area (Å²) in [7, 11) is -2.47. The van der Waals surface area contributed by atoms with Gasteiger partial charge in [-0.1, -0.05) is 70.0 Å². The smallest absolute Gasteiger partial charge is 0.244 e. The Balaban J connectivity index is 2.09. The average molecular weight is 665 g/mol. The Hall–Kier alpha value is -3.08. The normalized spacial score (nSPS) is 12.4. The molecule has 0 aliphatic carbocycles. The molecule has 2 amide bonds. The Labute approximate surface area is 255 Å². The van der Waals surface area contributed by atoms with Crippen LogP contribution in [0, 0.1) is 0 Å². The van der Waals surface area contributed by atoms with Gasteiger partial charge in [0.05, 0.1) is 24.1 Å². The lowest BCUT2D eigenvalue weighted by atomic mass is 10.0. The minimum absolute atomic E-state index is 0.0777. The van der Waals surface area contributed by atoms with Gasteiger partial charge in [-0.25, -0.2) is 8.42 Å². The molecule has 0 aliphatic heterocycles. The Morgan fingerprint density at radius 3 is 2.22 bits per heavy atom. The summed E-state index contributed by atoms with van der Waals surface area (Å²) in [6.07, 6.45) is 1.25. The second-order valence-electron chi connectivity index (χ2n) is 10.7. The Kier molecular flexibility index (Phi) is 10.9. The molecule has 11 heteroatoms. The number of carbonyl (C=O) groups is 2. The molecule has 0 radical (unpaired) electrons. The predicted octanol–water partition coefficient (Wildman–Crippen LogP) is 5.43. The lowest BCUT2D eigenvalue weighted by Crippen LogP contribution is -2.56. The quantitative estimate of drug-likeness (QED) is 0.295. The molecule has 0 unspecified atom stereocenters. The highest BCUT2D eigenvalue weighted by Crippen LogP contribution is 2.30. The van der Waals surface area contributed by atoms with Crippen molar-refractivity contribution in [1.29, 1.82) is 0 Å². The van der Waals surface area contributed by atoms with Crippen molar-refractivity contribution in [2.75, 3.05) is 24.2 Å². The molecule has 0 spiro atoms. The van der Waals surface area contributed by atoms with Crippen molar-refractivity contribution in [3.05, 3.63) is 93.4 Å². The van der Waals surface area contributed by atoms with Gasteiger partial charge in [-0.3, -0.25) is 13.9 Å². The lowest BCUT2D eigenvalue weighted by molar-refractivity contribution is -0.140. The fraction of sp³-hybridized carbons (Fsp3) is 0.333. The number of benzene rings is 3. The number of ether oxygens (including phenoxy) is 1. The minimum Gasteiger partial charge on any atom is -0.495 e. The van der Waals surface area contributed by atoms with Crippen LogP contribution in [0.25, 0.3) is 0 Å². The number of carbonyl (C=O) groups excluding carboxylic acids is 2. The van der Waals surface area contributed by atoms with E-state index in [1.165, 1.54) is 30.2 Å². The van der Waals surface area contributed by atoms with Crippen LogP contribution >= 0.6 is 27.5 Å². The number of hydrogen-bond acceptors (Lipinski definition) is 5. The van der Waals surface area contributed by atoms with Gasteiger partial charge in [0.2, 0.25) is 21.8 Å². The first-order valence-electron chi connectivity index (χ1n) is 12.9. The van der Waals surface area contributed by atoms with E-state index in [1.54, 1.807) is 0 Å². The van der Waals surface area contributed by atoms with Crippen molar-refractivity contribution in [3.63, 3.8) is 0 Å². The van der Waals surface area contributed by atoms with Crippen molar-refractivity contribution >= 4 is 55.1 Å². The predicted molar refractivity (Wildman–Crippen MR) is 167 cm³/mol. The maximum atomic E-state index is 14.1. The number of rotatable bonds is 11. The largest absolute Gasteiger partial charge is 0.495 e. The van der Waals surface area contributed by atoms with Gasteiger partial charge >= 0.3 is 0 Å². The van der Waals surface area contributed by atoms with Crippen molar-refractivity contribution in [2.45, 2.75) is 45.3 Å². The summed E-state index contributed by atoms with van der Waals surface area (Å²) in [6.45, 7) is 5.13. The zero-order chi connectivity index (χ0) is 30.4. The van der Waals surface area contributed by atoms with E-state index in [4.69, 9.17) is 16.3 Å². The molecule has 3 aromatic carbocycles. The summed E-state index contributed by atoms with van der Waals surface area (Å²) in [5.74, 6) is -0.524. The number of hydrogen-bond donors (Lipinski definition) is 1. The third kappa shape index (κ3) is 9.48. The highest BCUT2D eigenvalue weighted by molar-refractivity contribution is 9.10. The Morgan fingerprint density at radius 1 is 1.00 bits per heavy atom. The van der Waals surface area contributed by atoms with E-state index in [0.29, 0.717) is 5.75 Å². The molecule has 1 N–H and O–H groups in total. The van der Waals surface area contributed by atoms with Crippen molar-refractivity contribution in [3.8, 4) is 5.75 Å². The molecule has 8 nitrogen and oxygen atoms in total. The SMILES string of the molecule is COc1ccc(N(CC(=O)N(Cc2cccc(Br)c2)[C@H](Cc2ccccc2)C(=O)NC(C)(C)C)S(C)(=O)=O)cc1Cl. The van der Waals surface area contributed by atoms with E-state index in [-0.39, 0.29) is 29.6 Å². The standard InChI is InChI=1S/C30H35BrClN3O5S/c1-30(2,3)33-29(37)26(17-21-10-7-6-8-11-21)34(19-22-12-9-13-23(31)16-22)28(36)20-35(41(5,38)39)24-14-15-27(40-4)25(32)18-24/h6-16,18,26H,17,19-20H2,1-5H3,(H,33,37)/t26-/m1/s1. The number of anilines is 1. The second kappa shape index (κ2) is 13.7. The third-order valence-electron chi connectivity index (χ3n) is 6.11. The van der Waals surface area contributed by atoms with E-state index in [2.05, 4.69) is 21.2 Å². The highest BCUT2D eigenvalue weighted by atomic mass is 79.9. The Bertz CT molecular complexity index is 1480. The minimum atomic E-state index is -3.92. The summed E-state index contributed by atoms with van der Waals surface area (Å²) < 4.78 is 32.9. The fourth-order valence-corrected chi connectivity index (χ4v) is 5.80. The van der Waals surface area contributed by atoms with Crippen LogP contribution in [-0.2, 0) is 32.6 Å². The van der Waals surface area contributed by atoms with Crippen LogP contribution in [0.3, 0.4) is 0 Å². The van der Waals surface area contributed by atoms with Crippen LogP contribution in [0.1, 0.15) is 31.9 Å². The fourth-order valence-electron chi connectivity index (χ4n) is 4.26. The van der Waals surface area contributed by atoms with Crippen molar-refractivity contribution < 1.29 is 22.7 Å². The van der Waals surface area contributed by atoms with E-state index < -0.39 is 34.1 Å². The number of sulfonamides is 1. The molecule has 0 heterocycles. The molecular weight excluding hydrogens is 630 g/mol. The van der Waals surface area contributed by atoms with Gasteiger partial charge in [-0.05, 0) is 62.2 Å². The van der Waals surface area contributed by atoms with Gasteiger partial charge in [0.25, 0.3) is 0 Å². The van der Waals surface area contributed by atoms with Crippen molar-refractivity contribution in [2.24, 2.45) is 0 Å². The molecule has 3 rings (SSSR count). The number of methoxy groups -OCH3 is 1. The molecule has 41 heavy (non-hydrogen) atoms. The number of amides is 2. The highest BCUT2D eigenvalue weighted by Gasteiger charge is 2.34. The monoisotopic (exact) mass is 663 g/mol. The van der Waals surface area contributed by atoms with Gasteiger partial charge in [0, 0.05) is 23.0 Å². The van der Waals surface area contributed by atoms with E-state index in [9.17, 15) is 18.0 Å². The molecule has 0 fully saturated rings. The van der Waals surface area contributed by atoms with Gasteiger partial charge in [-0.2, -0.15) is 0 Å². The van der Waals surface area contributed by atoms with Crippen LogP contribution < -0.4 is 14.4 Å². The first kappa shape index (κ1) is 32.4. The van der Waals surface area contributed by atoms with E-state index in [1.807, 2.05) is 75.4 Å². The molecule has 0 saturated carbocycles. The lowest BCUT2D eigenvalue weighted by Gasteiger charge is -2.35. The second-order valence-corrected chi connectivity index (χ2v) is 13.9. The van der Waals surface area contributed by atoms with Crippen LogP contribution in [0.15, 0.2) is 77.3 Å². The van der Waals surface area contributed by atoms with Gasteiger partial charge in [0.15, 0.2) is 0 Å². The summed E-state index contributed by atoms with van der Waals surface area (Å²) in [4.78, 5) is 29.3. The molecule has 3 aromatic rings.